The van der Waals surface area contributed by atoms with Crippen molar-refractivity contribution in [3.63, 3.8) is 0 Å². The molecule has 0 atom stereocenters. The number of phenolic OH excluding ortho intramolecular Hbond substituents is 1. The van der Waals surface area contributed by atoms with Crippen LogP contribution in [0.3, 0.4) is 0 Å². The molecule has 0 spiro atoms. The molecule has 0 amide bonds. The highest BCUT2D eigenvalue weighted by Crippen LogP contribution is 2.37. The molecule has 0 radical (unpaired) electrons. The van der Waals surface area contributed by atoms with Crippen molar-refractivity contribution in [1.82, 2.24) is 4.98 Å². The van der Waals surface area contributed by atoms with Gasteiger partial charge in [-0.3, -0.25) is 4.98 Å². The van der Waals surface area contributed by atoms with E-state index in [0.717, 1.165) is 22.3 Å². The first kappa shape index (κ1) is 17.2. The van der Waals surface area contributed by atoms with Crippen LogP contribution in [0.1, 0.15) is 23.6 Å². The summed E-state index contributed by atoms with van der Waals surface area (Å²) in [4.78, 5) is 4.10. The summed E-state index contributed by atoms with van der Waals surface area (Å²) in [7, 11) is 0. The molecule has 0 unspecified atom stereocenters. The van der Waals surface area contributed by atoms with E-state index in [-0.39, 0.29) is 5.75 Å². The highest BCUT2D eigenvalue weighted by atomic mass is 79.9. The second kappa shape index (κ2) is 7.99. The van der Waals surface area contributed by atoms with Gasteiger partial charge in [-0.25, -0.2) is 0 Å². The van der Waals surface area contributed by atoms with E-state index in [1.807, 2.05) is 49.4 Å². The van der Waals surface area contributed by atoms with Crippen molar-refractivity contribution < 1.29 is 9.84 Å². The number of halogens is 1. The van der Waals surface area contributed by atoms with E-state index >= 15 is 0 Å². The van der Waals surface area contributed by atoms with Gasteiger partial charge in [-0.05, 0) is 75.5 Å². The van der Waals surface area contributed by atoms with E-state index in [1.54, 1.807) is 12.4 Å². The molecule has 2 aromatic carbocycles. The summed E-state index contributed by atoms with van der Waals surface area (Å²) in [5, 5.41) is 10.1. The van der Waals surface area contributed by atoms with Crippen LogP contribution in [0.25, 0.3) is 11.6 Å². The van der Waals surface area contributed by atoms with Crippen LogP contribution >= 0.6 is 15.9 Å². The Hall–Kier alpha value is -2.59. The number of benzene rings is 2. The Bertz CT molecular complexity index is 836. The summed E-state index contributed by atoms with van der Waals surface area (Å²) < 4.78 is 6.14. The first-order chi connectivity index (χ1) is 12.2. The molecule has 0 fully saturated rings. The third-order valence-electron chi connectivity index (χ3n) is 3.74. The minimum atomic E-state index is 0.115. The lowest BCUT2D eigenvalue weighted by Gasteiger charge is -2.11. The molecule has 1 heterocycles. The highest BCUT2D eigenvalue weighted by molar-refractivity contribution is 9.10. The number of pyridine rings is 1. The molecular weight excluding hydrogens is 378 g/mol. The summed E-state index contributed by atoms with van der Waals surface area (Å²) in [5.74, 6) is 0.578. The fourth-order valence-corrected chi connectivity index (χ4v) is 3.05. The molecule has 0 bridgehead atoms. The molecule has 1 N–H and O–H groups in total. The summed E-state index contributed by atoms with van der Waals surface area (Å²) in [6, 6.07) is 17.9. The normalized spacial score (nSPS) is 11.4. The second-order valence-corrected chi connectivity index (χ2v) is 6.30. The fourth-order valence-electron chi connectivity index (χ4n) is 2.59. The summed E-state index contributed by atoms with van der Waals surface area (Å²) >= 11 is 3.40. The van der Waals surface area contributed by atoms with Gasteiger partial charge >= 0.3 is 0 Å². The Labute approximate surface area is 155 Å². The standard InChI is InChI=1S/C21H18BrNO2/c1-2-25-20-14-15(13-19(22)21(20)24)12-18(16-6-4-3-5-7-16)17-8-10-23-11-9-17/h3-14,24H,2H2,1H3/b18-12-. The van der Waals surface area contributed by atoms with Gasteiger partial charge in [0.25, 0.3) is 0 Å². The van der Waals surface area contributed by atoms with Gasteiger partial charge in [-0.2, -0.15) is 0 Å². The van der Waals surface area contributed by atoms with Crippen LogP contribution in [-0.4, -0.2) is 16.7 Å². The molecule has 1 aromatic heterocycles. The lowest BCUT2D eigenvalue weighted by molar-refractivity contribution is 0.317. The van der Waals surface area contributed by atoms with Gasteiger partial charge in [0.2, 0.25) is 0 Å². The molecule has 3 nitrogen and oxygen atoms in total. The third kappa shape index (κ3) is 4.09. The predicted octanol–water partition coefficient (Wildman–Crippen LogP) is 5.54. The van der Waals surface area contributed by atoms with E-state index in [9.17, 15) is 5.11 Å². The molecule has 25 heavy (non-hydrogen) atoms. The maximum atomic E-state index is 10.1. The lowest BCUT2D eigenvalue weighted by atomic mass is 9.96. The van der Waals surface area contributed by atoms with E-state index in [4.69, 9.17) is 4.74 Å². The molecular formula is C21H18BrNO2. The van der Waals surface area contributed by atoms with Gasteiger partial charge < -0.3 is 9.84 Å². The Morgan fingerprint density at radius 3 is 2.44 bits per heavy atom. The second-order valence-electron chi connectivity index (χ2n) is 5.44. The van der Waals surface area contributed by atoms with Gasteiger partial charge in [-0.1, -0.05) is 30.3 Å². The van der Waals surface area contributed by atoms with E-state index in [1.165, 1.54) is 0 Å². The number of hydrogen-bond acceptors (Lipinski definition) is 3. The largest absolute Gasteiger partial charge is 0.503 e. The van der Waals surface area contributed by atoms with Crippen LogP contribution in [-0.2, 0) is 0 Å². The van der Waals surface area contributed by atoms with E-state index < -0.39 is 0 Å². The van der Waals surface area contributed by atoms with Crippen LogP contribution < -0.4 is 4.74 Å². The number of ether oxygens (including phenoxy) is 1. The quantitative estimate of drug-likeness (QED) is 0.576. The summed E-state index contributed by atoms with van der Waals surface area (Å²) in [5.41, 5.74) is 4.19. The zero-order valence-corrected chi connectivity index (χ0v) is 15.4. The zero-order chi connectivity index (χ0) is 17.6. The SMILES string of the molecule is CCOc1cc(/C=C(/c2ccccc2)c2ccncc2)cc(Br)c1O. The van der Waals surface area contributed by atoms with Gasteiger partial charge in [0.15, 0.2) is 11.5 Å². The molecule has 126 valence electrons. The molecule has 3 aromatic rings. The lowest BCUT2D eigenvalue weighted by Crippen LogP contribution is -1.93. The Morgan fingerprint density at radius 1 is 1.08 bits per heavy atom. The Morgan fingerprint density at radius 2 is 1.76 bits per heavy atom. The van der Waals surface area contributed by atoms with Gasteiger partial charge in [-0.15, -0.1) is 0 Å². The number of aromatic nitrogens is 1. The van der Waals surface area contributed by atoms with Crippen LogP contribution in [0.4, 0.5) is 0 Å². The van der Waals surface area contributed by atoms with Gasteiger partial charge in [0.05, 0.1) is 11.1 Å². The number of nitrogens with zero attached hydrogens (tertiary/aromatic N) is 1. The monoisotopic (exact) mass is 395 g/mol. The molecule has 0 saturated heterocycles. The fraction of sp³-hybridized carbons (Fsp3) is 0.0952. The van der Waals surface area contributed by atoms with Crippen molar-refractivity contribution in [2.75, 3.05) is 6.61 Å². The average Bonchev–Trinajstić information content (AvgIpc) is 2.65. The van der Waals surface area contributed by atoms with Gasteiger partial charge in [0.1, 0.15) is 0 Å². The summed E-state index contributed by atoms with van der Waals surface area (Å²) in [6.07, 6.45) is 5.65. The number of rotatable bonds is 5. The van der Waals surface area contributed by atoms with Crippen molar-refractivity contribution in [3.8, 4) is 11.5 Å². The smallest absolute Gasteiger partial charge is 0.172 e. The molecule has 0 aliphatic carbocycles. The van der Waals surface area contributed by atoms with Crippen molar-refractivity contribution in [3.05, 3.63) is 88.2 Å². The van der Waals surface area contributed by atoms with E-state index in [0.29, 0.717) is 16.8 Å². The number of phenols is 1. The Kier molecular flexibility index (Phi) is 5.51. The molecule has 0 aliphatic rings. The highest BCUT2D eigenvalue weighted by Gasteiger charge is 2.10. The molecule has 3 rings (SSSR count). The molecule has 0 aliphatic heterocycles. The topological polar surface area (TPSA) is 42.4 Å². The first-order valence-corrected chi connectivity index (χ1v) is 8.81. The van der Waals surface area contributed by atoms with Crippen LogP contribution in [0, 0.1) is 0 Å². The minimum absolute atomic E-state index is 0.115. The van der Waals surface area contributed by atoms with Crippen molar-refractivity contribution in [1.29, 1.82) is 0 Å². The predicted molar refractivity (Wildman–Crippen MR) is 105 cm³/mol. The Balaban J connectivity index is 2.14. The van der Waals surface area contributed by atoms with Crippen LogP contribution in [0.2, 0.25) is 0 Å². The summed E-state index contributed by atoms with van der Waals surface area (Å²) in [6.45, 7) is 2.38. The number of aromatic hydroxyl groups is 1. The number of hydrogen-bond donors (Lipinski definition) is 1. The van der Waals surface area contributed by atoms with E-state index in [2.05, 4.69) is 39.1 Å². The van der Waals surface area contributed by atoms with Crippen molar-refractivity contribution in [2.45, 2.75) is 6.92 Å². The van der Waals surface area contributed by atoms with Gasteiger partial charge in [0, 0.05) is 12.4 Å². The average molecular weight is 396 g/mol. The third-order valence-corrected chi connectivity index (χ3v) is 4.34. The van der Waals surface area contributed by atoms with Crippen LogP contribution in [0.15, 0.2) is 71.5 Å². The molecule has 0 saturated carbocycles. The maximum Gasteiger partial charge on any atom is 0.172 e. The van der Waals surface area contributed by atoms with Crippen LogP contribution in [0.5, 0.6) is 11.5 Å². The molecule has 4 heteroatoms. The first-order valence-electron chi connectivity index (χ1n) is 8.02. The zero-order valence-electron chi connectivity index (χ0n) is 13.8. The minimum Gasteiger partial charge on any atom is -0.503 e. The van der Waals surface area contributed by atoms with Crippen molar-refractivity contribution >= 4 is 27.6 Å². The van der Waals surface area contributed by atoms with Crippen molar-refractivity contribution in [2.24, 2.45) is 0 Å². The maximum absolute atomic E-state index is 10.1.